The smallest absolute Gasteiger partial charge is 0.0972 e. The van der Waals surface area contributed by atoms with Crippen molar-refractivity contribution < 1.29 is 0 Å². The highest BCUT2D eigenvalue weighted by Crippen LogP contribution is 2.29. The summed E-state index contributed by atoms with van der Waals surface area (Å²) in [6.45, 7) is 0. The fraction of sp³-hybridized carbons (Fsp3) is 0. The summed E-state index contributed by atoms with van der Waals surface area (Å²) in [5.41, 5.74) is 9.99. The molecule has 8 rings (SSSR count). The number of hydrogen-bond acceptors (Lipinski definition) is 4. The molecule has 0 fully saturated rings. The van der Waals surface area contributed by atoms with E-state index in [0.717, 1.165) is 66.7 Å². The molecule has 0 amide bonds. The topological polar surface area (TPSA) is 51.6 Å². The van der Waals surface area contributed by atoms with Gasteiger partial charge in [0.15, 0.2) is 0 Å². The third kappa shape index (κ3) is 4.36. The summed E-state index contributed by atoms with van der Waals surface area (Å²) >= 11 is 0. The molecule has 0 N–H and O–H groups in total. The maximum atomic E-state index is 4.98. The van der Waals surface area contributed by atoms with E-state index < -0.39 is 0 Å². The molecule has 0 aliphatic carbocycles. The van der Waals surface area contributed by atoms with Crippen molar-refractivity contribution in [2.75, 3.05) is 0 Å². The first-order valence-corrected chi connectivity index (χ1v) is 14.0. The zero-order chi connectivity index (χ0) is 27.9. The standard InChI is InChI=1S/C38H24N4/c1-2-5-32-22-33(18-11-25(32)4-1)36-24-40-35(23-41-36)29-14-9-27(10-15-29)26-7-12-28(13-8-26)34-20-19-31-17-16-30-6-3-21-39-37(30)38(31)42-34/h1-24H. The lowest BCUT2D eigenvalue weighted by molar-refractivity contribution is 1.21. The predicted octanol–water partition coefficient (Wildman–Crippen LogP) is 9.39. The van der Waals surface area contributed by atoms with Gasteiger partial charge in [0.2, 0.25) is 0 Å². The summed E-state index contributed by atoms with van der Waals surface area (Å²) in [6.07, 6.45) is 5.53. The molecule has 0 unspecified atom stereocenters. The Bertz CT molecular complexity index is 2220. The second-order valence-corrected chi connectivity index (χ2v) is 10.4. The molecule has 4 heteroatoms. The van der Waals surface area contributed by atoms with E-state index in [0.29, 0.717) is 0 Å². The lowest BCUT2D eigenvalue weighted by Crippen LogP contribution is -1.90. The molecule has 4 nitrogen and oxygen atoms in total. The second-order valence-electron chi connectivity index (χ2n) is 10.4. The highest BCUT2D eigenvalue weighted by atomic mass is 14.8. The van der Waals surface area contributed by atoms with Crippen molar-refractivity contribution in [2.24, 2.45) is 0 Å². The van der Waals surface area contributed by atoms with Crippen molar-refractivity contribution in [3.05, 3.63) is 146 Å². The van der Waals surface area contributed by atoms with Crippen molar-refractivity contribution >= 4 is 32.6 Å². The highest BCUT2D eigenvalue weighted by molar-refractivity contribution is 6.03. The molecular weight excluding hydrogens is 512 g/mol. The molecule has 196 valence electrons. The van der Waals surface area contributed by atoms with Crippen molar-refractivity contribution in [1.29, 1.82) is 0 Å². The molecule has 0 atom stereocenters. The zero-order valence-corrected chi connectivity index (χ0v) is 22.6. The van der Waals surface area contributed by atoms with Crippen LogP contribution in [0.25, 0.3) is 77.5 Å². The summed E-state index contributed by atoms with van der Waals surface area (Å²) in [5.74, 6) is 0. The van der Waals surface area contributed by atoms with Crippen LogP contribution >= 0.6 is 0 Å². The zero-order valence-electron chi connectivity index (χ0n) is 22.6. The van der Waals surface area contributed by atoms with Crippen molar-refractivity contribution in [3.8, 4) is 44.9 Å². The third-order valence-electron chi connectivity index (χ3n) is 7.82. The van der Waals surface area contributed by atoms with E-state index in [1.165, 1.54) is 10.8 Å². The third-order valence-corrected chi connectivity index (χ3v) is 7.82. The van der Waals surface area contributed by atoms with Gasteiger partial charge in [-0.25, -0.2) is 4.98 Å². The van der Waals surface area contributed by atoms with Crippen LogP contribution in [-0.2, 0) is 0 Å². The number of fused-ring (bicyclic) bond motifs is 4. The van der Waals surface area contributed by atoms with Gasteiger partial charge in [-0.15, -0.1) is 0 Å². The first-order chi connectivity index (χ1) is 20.8. The van der Waals surface area contributed by atoms with Gasteiger partial charge in [-0.3, -0.25) is 15.0 Å². The van der Waals surface area contributed by atoms with Crippen LogP contribution in [0.3, 0.4) is 0 Å². The van der Waals surface area contributed by atoms with Gasteiger partial charge in [-0.05, 0) is 40.1 Å². The molecule has 0 aliphatic heterocycles. The van der Waals surface area contributed by atoms with Crippen LogP contribution in [-0.4, -0.2) is 19.9 Å². The molecule has 3 heterocycles. The molecule has 8 aromatic rings. The minimum atomic E-state index is 0.853. The molecule has 3 aromatic heterocycles. The Morgan fingerprint density at radius 2 is 0.857 bits per heavy atom. The van der Waals surface area contributed by atoms with Crippen LogP contribution < -0.4 is 0 Å². The second kappa shape index (κ2) is 10.0. The summed E-state index contributed by atoms with van der Waals surface area (Å²) < 4.78 is 0. The number of aromatic nitrogens is 4. The number of nitrogens with zero attached hydrogens (tertiary/aromatic N) is 4. The van der Waals surface area contributed by atoms with Gasteiger partial charge >= 0.3 is 0 Å². The van der Waals surface area contributed by atoms with E-state index in [4.69, 9.17) is 15.0 Å². The van der Waals surface area contributed by atoms with Crippen molar-refractivity contribution in [3.63, 3.8) is 0 Å². The molecule has 0 aliphatic rings. The van der Waals surface area contributed by atoms with Gasteiger partial charge in [0, 0.05) is 33.7 Å². The summed E-state index contributed by atoms with van der Waals surface area (Å²) in [7, 11) is 0. The van der Waals surface area contributed by atoms with E-state index in [2.05, 4.69) is 126 Å². The van der Waals surface area contributed by atoms with Gasteiger partial charge < -0.3 is 0 Å². The van der Waals surface area contributed by atoms with Crippen LogP contribution in [0, 0.1) is 0 Å². The molecule has 0 saturated carbocycles. The maximum Gasteiger partial charge on any atom is 0.0972 e. The fourth-order valence-electron chi connectivity index (χ4n) is 5.53. The van der Waals surface area contributed by atoms with E-state index in [9.17, 15) is 0 Å². The monoisotopic (exact) mass is 536 g/mol. The van der Waals surface area contributed by atoms with Crippen molar-refractivity contribution in [1.82, 2.24) is 19.9 Å². The minimum Gasteiger partial charge on any atom is -0.254 e. The van der Waals surface area contributed by atoms with Gasteiger partial charge in [0.25, 0.3) is 0 Å². The number of hydrogen-bond donors (Lipinski definition) is 0. The molecule has 0 saturated heterocycles. The normalized spacial score (nSPS) is 11.3. The Kier molecular flexibility index (Phi) is 5.75. The maximum absolute atomic E-state index is 4.98. The Balaban J connectivity index is 1.03. The molecule has 0 spiro atoms. The summed E-state index contributed by atoms with van der Waals surface area (Å²) in [5, 5.41) is 4.61. The SMILES string of the molecule is c1ccc2cc(-c3cnc(-c4ccc(-c5ccc(-c6ccc7ccc8cccnc8c7n6)cc5)cc4)cn3)ccc2c1. The number of rotatable bonds is 4. The Labute approximate surface area is 243 Å². The lowest BCUT2D eigenvalue weighted by atomic mass is 10.0. The fourth-order valence-corrected chi connectivity index (χ4v) is 5.53. The van der Waals surface area contributed by atoms with E-state index >= 15 is 0 Å². The molecule has 0 bridgehead atoms. The number of benzene rings is 5. The number of pyridine rings is 2. The molecular formula is C38H24N4. The van der Waals surface area contributed by atoms with Gasteiger partial charge in [-0.1, -0.05) is 109 Å². The molecule has 42 heavy (non-hydrogen) atoms. The van der Waals surface area contributed by atoms with E-state index in [1.54, 1.807) is 0 Å². The Morgan fingerprint density at radius 1 is 0.333 bits per heavy atom. The predicted molar refractivity (Wildman–Crippen MR) is 172 cm³/mol. The van der Waals surface area contributed by atoms with Crippen molar-refractivity contribution in [2.45, 2.75) is 0 Å². The largest absolute Gasteiger partial charge is 0.254 e. The average Bonchev–Trinajstić information content (AvgIpc) is 3.08. The first kappa shape index (κ1) is 24.1. The summed E-state index contributed by atoms with van der Waals surface area (Å²) in [6, 6.07) is 44.2. The first-order valence-electron chi connectivity index (χ1n) is 14.0. The minimum absolute atomic E-state index is 0.853. The molecule has 0 radical (unpaired) electrons. The molecule has 5 aromatic carbocycles. The Morgan fingerprint density at radius 3 is 1.57 bits per heavy atom. The highest BCUT2D eigenvalue weighted by Gasteiger charge is 2.08. The van der Waals surface area contributed by atoms with E-state index in [-0.39, 0.29) is 0 Å². The van der Waals surface area contributed by atoms with Crippen LogP contribution in [0.5, 0.6) is 0 Å². The van der Waals surface area contributed by atoms with Crippen LogP contribution in [0.1, 0.15) is 0 Å². The van der Waals surface area contributed by atoms with Gasteiger partial charge in [-0.2, -0.15) is 0 Å². The van der Waals surface area contributed by atoms with Crippen LogP contribution in [0.2, 0.25) is 0 Å². The summed E-state index contributed by atoms with van der Waals surface area (Å²) in [4.78, 5) is 19.0. The average molecular weight is 537 g/mol. The van der Waals surface area contributed by atoms with Gasteiger partial charge in [0.05, 0.1) is 40.5 Å². The van der Waals surface area contributed by atoms with Crippen LogP contribution in [0.15, 0.2) is 146 Å². The van der Waals surface area contributed by atoms with Gasteiger partial charge in [0.1, 0.15) is 0 Å². The van der Waals surface area contributed by atoms with E-state index in [1.807, 2.05) is 24.7 Å². The lowest BCUT2D eigenvalue weighted by Gasteiger charge is -2.08. The Hall–Kier alpha value is -5.74. The quantitative estimate of drug-likeness (QED) is 0.210. The van der Waals surface area contributed by atoms with Crippen LogP contribution in [0.4, 0.5) is 0 Å².